The van der Waals surface area contributed by atoms with Gasteiger partial charge in [0.1, 0.15) is 5.78 Å². The number of unbranched alkanes of at least 4 members (excludes halogenated alkanes) is 1. The Kier molecular flexibility index (Phi) is 5.18. The third kappa shape index (κ3) is 3.68. The van der Waals surface area contributed by atoms with Gasteiger partial charge < -0.3 is 0 Å². The highest BCUT2D eigenvalue weighted by molar-refractivity contribution is 5.82. The molecule has 0 fully saturated rings. The van der Waals surface area contributed by atoms with E-state index in [1.807, 2.05) is 0 Å². The van der Waals surface area contributed by atoms with E-state index in [9.17, 15) is 4.79 Å². The Balaban J connectivity index is 1.88. The molecule has 0 saturated carbocycles. The molecular weight excluding hydrogens is 232 g/mol. The molecule has 1 atom stereocenters. The Labute approximate surface area is 117 Å². The van der Waals surface area contributed by atoms with E-state index in [0.717, 1.165) is 25.7 Å². The van der Waals surface area contributed by atoms with Crippen molar-refractivity contribution in [3.8, 4) is 0 Å². The number of benzene rings is 1. The summed E-state index contributed by atoms with van der Waals surface area (Å²) >= 11 is 0. The lowest BCUT2D eigenvalue weighted by atomic mass is 9.88. The van der Waals surface area contributed by atoms with Crippen LogP contribution in [0.3, 0.4) is 0 Å². The first kappa shape index (κ1) is 14.3. The van der Waals surface area contributed by atoms with Gasteiger partial charge >= 0.3 is 0 Å². The standard InChI is InChI=1S/C18H26O/c1-3-5-8-14(4-2)11-18(19)17-12-15-9-6-7-10-16(15)13-17/h6-7,9-10,14,17H,3-5,8,11-13H2,1-2H3. The summed E-state index contributed by atoms with van der Waals surface area (Å²) in [5.41, 5.74) is 2.78. The Morgan fingerprint density at radius 1 is 1.21 bits per heavy atom. The third-order valence-electron chi connectivity index (χ3n) is 4.54. The molecule has 19 heavy (non-hydrogen) atoms. The van der Waals surface area contributed by atoms with Gasteiger partial charge in [-0.1, -0.05) is 63.8 Å². The molecule has 0 spiro atoms. The quantitative estimate of drug-likeness (QED) is 0.699. The van der Waals surface area contributed by atoms with Crippen LogP contribution in [0.2, 0.25) is 0 Å². The van der Waals surface area contributed by atoms with Gasteiger partial charge in [-0.2, -0.15) is 0 Å². The van der Waals surface area contributed by atoms with E-state index >= 15 is 0 Å². The molecule has 1 nitrogen and oxygen atoms in total. The van der Waals surface area contributed by atoms with Crippen molar-refractivity contribution in [2.45, 2.75) is 58.8 Å². The fourth-order valence-corrected chi connectivity index (χ4v) is 3.18. The van der Waals surface area contributed by atoms with E-state index in [1.165, 1.54) is 30.4 Å². The Hall–Kier alpha value is -1.11. The molecule has 0 radical (unpaired) electrons. The second kappa shape index (κ2) is 6.88. The Morgan fingerprint density at radius 2 is 1.84 bits per heavy atom. The van der Waals surface area contributed by atoms with E-state index in [4.69, 9.17) is 0 Å². The minimum absolute atomic E-state index is 0.257. The van der Waals surface area contributed by atoms with Gasteiger partial charge in [-0.05, 0) is 29.9 Å². The summed E-state index contributed by atoms with van der Waals surface area (Å²) in [6.45, 7) is 4.44. The van der Waals surface area contributed by atoms with Crippen molar-refractivity contribution in [2.24, 2.45) is 11.8 Å². The largest absolute Gasteiger partial charge is 0.299 e. The van der Waals surface area contributed by atoms with E-state index in [-0.39, 0.29) is 5.92 Å². The Morgan fingerprint density at radius 3 is 2.37 bits per heavy atom. The van der Waals surface area contributed by atoms with Crippen molar-refractivity contribution in [3.05, 3.63) is 35.4 Å². The highest BCUT2D eigenvalue weighted by Crippen LogP contribution is 2.29. The van der Waals surface area contributed by atoms with Crippen LogP contribution in [-0.4, -0.2) is 5.78 Å². The van der Waals surface area contributed by atoms with Crippen molar-refractivity contribution in [3.63, 3.8) is 0 Å². The summed E-state index contributed by atoms with van der Waals surface area (Å²) < 4.78 is 0. The van der Waals surface area contributed by atoms with Crippen LogP contribution in [0.15, 0.2) is 24.3 Å². The minimum atomic E-state index is 0.257. The summed E-state index contributed by atoms with van der Waals surface area (Å²) in [6.07, 6.45) is 7.60. The number of Topliss-reactive ketones (excluding diaryl/α,β-unsaturated/α-hetero) is 1. The van der Waals surface area contributed by atoms with Gasteiger partial charge in [0.15, 0.2) is 0 Å². The SMILES string of the molecule is CCCCC(CC)CC(=O)C1Cc2ccccc2C1. The predicted molar refractivity (Wildman–Crippen MR) is 80.3 cm³/mol. The summed E-state index contributed by atoms with van der Waals surface area (Å²) in [7, 11) is 0. The average molecular weight is 258 g/mol. The van der Waals surface area contributed by atoms with Gasteiger partial charge in [0.25, 0.3) is 0 Å². The van der Waals surface area contributed by atoms with Gasteiger partial charge in [0, 0.05) is 12.3 Å². The molecule has 2 rings (SSSR count). The lowest BCUT2D eigenvalue weighted by Crippen LogP contribution is -2.18. The van der Waals surface area contributed by atoms with E-state index in [1.54, 1.807) is 0 Å². The van der Waals surface area contributed by atoms with Crippen molar-refractivity contribution in [1.82, 2.24) is 0 Å². The molecule has 104 valence electrons. The zero-order valence-corrected chi connectivity index (χ0v) is 12.3. The van der Waals surface area contributed by atoms with Crippen LogP contribution in [0, 0.1) is 11.8 Å². The van der Waals surface area contributed by atoms with Crippen LogP contribution in [0.4, 0.5) is 0 Å². The zero-order valence-electron chi connectivity index (χ0n) is 12.3. The molecule has 0 amide bonds. The molecule has 0 N–H and O–H groups in total. The van der Waals surface area contributed by atoms with Crippen LogP contribution < -0.4 is 0 Å². The van der Waals surface area contributed by atoms with Crippen LogP contribution in [0.5, 0.6) is 0 Å². The first-order valence-electron chi connectivity index (χ1n) is 7.84. The number of fused-ring (bicyclic) bond motifs is 1. The molecule has 1 aliphatic carbocycles. The lowest BCUT2D eigenvalue weighted by molar-refractivity contribution is -0.123. The molecule has 0 aromatic heterocycles. The third-order valence-corrected chi connectivity index (χ3v) is 4.54. The van der Waals surface area contributed by atoms with Crippen molar-refractivity contribution >= 4 is 5.78 Å². The van der Waals surface area contributed by atoms with Crippen molar-refractivity contribution < 1.29 is 4.79 Å². The minimum Gasteiger partial charge on any atom is -0.299 e. The van der Waals surface area contributed by atoms with Crippen LogP contribution >= 0.6 is 0 Å². The molecule has 1 aromatic carbocycles. The lowest BCUT2D eigenvalue weighted by Gasteiger charge is -2.16. The molecule has 0 aliphatic heterocycles. The van der Waals surface area contributed by atoms with Gasteiger partial charge in [0.2, 0.25) is 0 Å². The summed E-state index contributed by atoms with van der Waals surface area (Å²) in [5, 5.41) is 0. The molecule has 0 saturated heterocycles. The molecular formula is C18H26O. The van der Waals surface area contributed by atoms with Gasteiger partial charge in [-0.15, -0.1) is 0 Å². The van der Waals surface area contributed by atoms with Gasteiger partial charge in [-0.25, -0.2) is 0 Å². The Bertz CT molecular complexity index is 396. The fraction of sp³-hybridized carbons (Fsp3) is 0.611. The second-order valence-corrected chi connectivity index (χ2v) is 5.96. The molecule has 0 bridgehead atoms. The van der Waals surface area contributed by atoms with Crippen LogP contribution in [0.25, 0.3) is 0 Å². The number of hydrogen-bond acceptors (Lipinski definition) is 1. The monoisotopic (exact) mass is 258 g/mol. The van der Waals surface area contributed by atoms with E-state index in [2.05, 4.69) is 38.1 Å². The first-order valence-corrected chi connectivity index (χ1v) is 7.84. The number of carbonyl (C=O) groups is 1. The molecule has 1 heteroatoms. The van der Waals surface area contributed by atoms with Crippen LogP contribution in [0.1, 0.15) is 57.1 Å². The molecule has 1 aliphatic rings. The normalized spacial score (nSPS) is 16.3. The summed E-state index contributed by atoms with van der Waals surface area (Å²) in [4.78, 5) is 12.4. The topological polar surface area (TPSA) is 17.1 Å². The molecule has 1 unspecified atom stereocenters. The van der Waals surface area contributed by atoms with Gasteiger partial charge in [0.05, 0.1) is 0 Å². The number of hydrogen-bond donors (Lipinski definition) is 0. The second-order valence-electron chi connectivity index (χ2n) is 5.96. The van der Waals surface area contributed by atoms with E-state index in [0.29, 0.717) is 11.7 Å². The smallest absolute Gasteiger partial charge is 0.136 e. The first-order chi connectivity index (χ1) is 9.24. The maximum atomic E-state index is 12.4. The summed E-state index contributed by atoms with van der Waals surface area (Å²) in [6, 6.07) is 8.53. The van der Waals surface area contributed by atoms with Crippen molar-refractivity contribution in [1.29, 1.82) is 0 Å². The molecule has 1 aromatic rings. The maximum Gasteiger partial charge on any atom is 0.136 e. The highest BCUT2D eigenvalue weighted by atomic mass is 16.1. The predicted octanol–water partition coefficient (Wildman–Crippen LogP) is 4.58. The number of rotatable bonds is 7. The fourth-order valence-electron chi connectivity index (χ4n) is 3.18. The number of ketones is 1. The van der Waals surface area contributed by atoms with Crippen molar-refractivity contribution in [2.75, 3.05) is 0 Å². The maximum absolute atomic E-state index is 12.4. The summed E-state index contributed by atoms with van der Waals surface area (Å²) in [5.74, 6) is 1.36. The molecule has 0 heterocycles. The zero-order chi connectivity index (χ0) is 13.7. The average Bonchev–Trinajstić information content (AvgIpc) is 2.87. The number of carbonyl (C=O) groups excluding carboxylic acids is 1. The van der Waals surface area contributed by atoms with Gasteiger partial charge in [-0.3, -0.25) is 4.79 Å². The highest BCUT2D eigenvalue weighted by Gasteiger charge is 2.27. The van der Waals surface area contributed by atoms with Crippen LogP contribution in [-0.2, 0) is 17.6 Å². The van der Waals surface area contributed by atoms with E-state index < -0.39 is 0 Å².